The maximum absolute atomic E-state index is 14.7. The van der Waals surface area contributed by atoms with E-state index in [0.717, 1.165) is 24.5 Å². The van der Waals surface area contributed by atoms with Crippen molar-refractivity contribution in [2.45, 2.75) is 63.7 Å². The van der Waals surface area contributed by atoms with Crippen LogP contribution < -0.4 is 5.73 Å². The van der Waals surface area contributed by atoms with Gasteiger partial charge in [-0.15, -0.1) is 0 Å². The Balaban J connectivity index is 1.56. The molecule has 0 radical (unpaired) electrons. The van der Waals surface area contributed by atoms with Gasteiger partial charge in [-0.1, -0.05) is 0 Å². The molecule has 1 aliphatic heterocycles. The standard InChI is InChI=1S/C25H26F2N6O/c1-13-11-30-23-22(19-6-3-17(26)9-20(19)27)32-24(33-25(23)31-13)15-7-14(2)34-21(8-15)16(10-28)12-29-18-4-5-18/h3,6,9-12,14-15,18,21H,4-5,7-8,28H2,1-2H3/b16-10+,29-12?. The monoisotopic (exact) mass is 464 g/mol. The normalized spacial score (nSPS) is 23.6. The third-order valence-corrected chi connectivity index (χ3v) is 6.15. The molecule has 3 aromatic rings. The molecule has 2 N–H and O–H groups in total. The van der Waals surface area contributed by atoms with Crippen LogP contribution in [0.5, 0.6) is 0 Å². The van der Waals surface area contributed by atoms with Crippen LogP contribution in [0, 0.1) is 18.6 Å². The molecule has 34 heavy (non-hydrogen) atoms. The van der Waals surface area contributed by atoms with E-state index in [0.29, 0.717) is 47.3 Å². The third-order valence-electron chi connectivity index (χ3n) is 6.15. The van der Waals surface area contributed by atoms with Crippen molar-refractivity contribution in [1.82, 2.24) is 19.9 Å². The van der Waals surface area contributed by atoms with Gasteiger partial charge in [0, 0.05) is 41.7 Å². The highest BCUT2D eigenvalue weighted by atomic mass is 19.1. The molecular weight excluding hydrogens is 438 g/mol. The van der Waals surface area contributed by atoms with Gasteiger partial charge in [0.2, 0.25) is 0 Å². The first kappa shape index (κ1) is 22.5. The van der Waals surface area contributed by atoms with Crippen molar-refractivity contribution < 1.29 is 13.5 Å². The summed E-state index contributed by atoms with van der Waals surface area (Å²) in [5.74, 6) is -0.915. The Morgan fingerprint density at radius 3 is 2.74 bits per heavy atom. The fourth-order valence-corrected chi connectivity index (χ4v) is 4.28. The lowest BCUT2D eigenvalue weighted by atomic mass is 9.88. The van der Waals surface area contributed by atoms with E-state index in [1.165, 1.54) is 12.1 Å². The first-order chi connectivity index (χ1) is 16.4. The van der Waals surface area contributed by atoms with Crippen molar-refractivity contribution >= 4 is 17.4 Å². The van der Waals surface area contributed by atoms with Crippen molar-refractivity contribution in [2.75, 3.05) is 0 Å². The lowest BCUT2D eigenvalue weighted by molar-refractivity contribution is -0.0272. The van der Waals surface area contributed by atoms with Gasteiger partial charge in [0.1, 0.15) is 28.7 Å². The van der Waals surface area contributed by atoms with Gasteiger partial charge in [-0.05, 0) is 51.7 Å². The predicted molar refractivity (Wildman–Crippen MR) is 125 cm³/mol. The largest absolute Gasteiger partial charge is 0.404 e. The fourth-order valence-electron chi connectivity index (χ4n) is 4.28. The topological polar surface area (TPSA) is 99.2 Å². The van der Waals surface area contributed by atoms with Gasteiger partial charge in [0.15, 0.2) is 5.65 Å². The van der Waals surface area contributed by atoms with Crippen molar-refractivity contribution in [3.8, 4) is 11.3 Å². The summed E-state index contributed by atoms with van der Waals surface area (Å²) in [5, 5.41) is 0. The lowest BCUT2D eigenvalue weighted by Crippen LogP contribution is -2.33. The molecular formula is C25H26F2N6O. The summed E-state index contributed by atoms with van der Waals surface area (Å²) in [6, 6.07) is 3.80. The Labute approximate surface area is 196 Å². The number of hydrogen-bond donors (Lipinski definition) is 1. The fraction of sp³-hybridized carbons (Fsp3) is 0.400. The number of ether oxygens (including phenoxy) is 1. The molecule has 176 valence electrons. The molecule has 0 spiro atoms. The van der Waals surface area contributed by atoms with Crippen LogP contribution in [0.15, 0.2) is 41.2 Å². The van der Waals surface area contributed by atoms with Crippen LogP contribution in [0.25, 0.3) is 22.4 Å². The molecule has 2 fully saturated rings. The van der Waals surface area contributed by atoms with Gasteiger partial charge in [0.05, 0.1) is 23.9 Å². The maximum atomic E-state index is 14.7. The Bertz CT molecular complexity index is 1290. The quantitative estimate of drug-likeness (QED) is 0.562. The van der Waals surface area contributed by atoms with E-state index in [9.17, 15) is 8.78 Å². The highest BCUT2D eigenvalue weighted by Crippen LogP contribution is 2.36. The minimum atomic E-state index is -0.712. The Hall–Kier alpha value is -3.33. The Morgan fingerprint density at radius 2 is 2.00 bits per heavy atom. The minimum absolute atomic E-state index is 0.0677. The van der Waals surface area contributed by atoms with Gasteiger partial charge in [-0.3, -0.25) is 4.99 Å². The van der Waals surface area contributed by atoms with Crippen LogP contribution in [-0.2, 0) is 4.74 Å². The number of hydrogen-bond acceptors (Lipinski definition) is 7. The average Bonchev–Trinajstić information content (AvgIpc) is 3.63. The second kappa shape index (κ2) is 9.13. The van der Waals surface area contributed by atoms with Crippen molar-refractivity contribution in [3.63, 3.8) is 0 Å². The molecule has 1 saturated carbocycles. The highest BCUT2D eigenvalue weighted by molar-refractivity contribution is 5.87. The maximum Gasteiger partial charge on any atom is 0.182 e. The van der Waals surface area contributed by atoms with E-state index >= 15 is 0 Å². The van der Waals surface area contributed by atoms with Gasteiger partial charge in [-0.25, -0.2) is 28.7 Å². The number of benzene rings is 1. The van der Waals surface area contributed by atoms with Crippen LogP contribution in [-0.4, -0.2) is 44.4 Å². The molecule has 9 heteroatoms. The molecule has 3 atom stereocenters. The van der Waals surface area contributed by atoms with E-state index < -0.39 is 11.6 Å². The van der Waals surface area contributed by atoms with Gasteiger partial charge in [0.25, 0.3) is 0 Å². The van der Waals surface area contributed by atoms with Gasteiger partial charge in [-0.2, -0.15) is 0 Å². The van der Waals surface area contributed by atoms with Crippen molar-refractivity contribution in [3.05, 3.63) is 59.3 Å². The smallest absolute Gasteiger partial charge is 0.182 e. The Kier molecular flexibility index (Phi) is 6.03. The summed E-state index contributed by atoms with van der Waals surface area (Å²) in [4.78, 5) is 22.9. The summed E-state index contributed by atoms with van der Waals surface area (Å²) in [6.45, 7) is 3.81. The second-order valence-corrected chi connectivity index (χ2v) is 9.02. The molecule has 2 aliphatic rings. The van der Waals surface area contributed by atoms with E-state index in [1.54, 1.807) is 12.4 Å². The molecule has 0 amide bonds. The summed E-state index contributed by atoms with van der Waals surface area (Å²) in [5.41, 5.74) is 8.62. The van der Waals surface area contributed by atoms with E-state index in [4.69, 9.17) is 20.4 Å². The number of aromatic nitrogens is 4. The SMILES string of the molecule is Cc1cnc2c(-c3ccc(F)cc3F)nc(C3CC(C)OC(/C(C=NC4CC4)=C/N)C3)nc2n1. The number of fused-ring (bicyclic) bond motifs is 1. The van der Waals surface area contributed by atoms with E-state index in [2.05, 4.69) is 15.0 Å². The highest BCUT2D eigenvalue weighted by Gasteiger charge is 2.33. The molecule has 1 saturated heterocycles. The van der Waals surface area contributed by atoms with Gasteiger partial charge >= 0.3 is 0 Å². The molecule has 1 aromatic carbocycles. The zero-order chi connectivity index (χ0) is 23.8. The van der Waals surface area contributed by atoms with Crippen molar-refractivity contribution in [1.29, 1.82) is 0 Å². The molecule has 3 unspecified atom stereocenters. The first-order valence-electron chi connectivity index (χ1n) is 11.5. The van der Waals surface area contributed by atoms with E-state index in [-0.39, 0.29) is 23.7 Å². The van der Waals surface area contributed by atoms with Crippen LogP contribution in [0.4, 0.5) is 8.78 Å². The number of aliphatic imine (C=N–C) groups is 1. The second-order valence-electron chi connectivity index (χ2n) is 9.02. The summed E-state index contributed by atoms with van der Waals surface area (Å²) < 4.78 is 34.5. The minimum Gasteiger partial charge on any atom is -0.404 e. The van der Waals surface area contributed by atoms with Crippen LogP contribution >= 0.6 is 0 Å². The molecule has 2 aromatic heterocycles. The summed E-state index contributed by atoms with van der Waals surface area (Å²) >= 11 is 0. The number of aryl methyl sites for hydroxylation is 1. The summed E-state index contributed by atoms with van der Waals surface area (Å²) in [7, 11) is 0. The molecule has 1 aliphatic carbocycles. The molecule has 7 nitrogen and oxygen atoms in total. The third kappa shape index (κ3) is 4.65. The lowest BCUT2D eigenvalue weighted by Gasteiger charge is -2.33. The predicted octanol–water partition coefficient (Wildman–Crippen LogP) is 4.40. The van der Waals surface area contributed by atoms with Crippen LogP contribution in [0.3, 0.4) is 0 Å². The summed E-state index contributed by atoms with van der Waals surface area (Å²) in [6.07, 6.45) is 8.11. The zero-order valence-electron chi connectivity index (χ0n) is 19.1. The number of rotatable bonds is 5. The number of nitrogens with two attached hydrogens (primary N) is 1. The van der Waals surface area contributed by atoms with Crippen LogP contribution in [0.1, 0.15) is 50.0 Å². The molecule has 5 rings (SSSR count). The number of halogens is 2. The average molecular weight is 465 g/mol. The first-order valence-corrected chi connectivity index (χ1v) is 11.5. The van der Waals surface area contributed by atoms with Gasteiger partial charge < -0.3 is 10.5 Å². The Morgan fingerprint density at radius 1 is 1.18 bits per heavy atom. The molecule has 0 bridgehead atoms. The number of nitrogens with zero attached hydrogens (tertiary/aromatic N) is 5. The molecule has 3 heterocycles. The van der Waals surface area contributed by atoms with E-state index in [1.807, 2.05) is 20.1 Å². The van der Waals surface area contributed by atoms with Crippen molar-refractivity contribution in [2.24, 2.45) is 10.7 Å². The zero-order valence-corrected chi connectivity index (χ0v) is 19.1. The van der Waals surface area contributed by atoms with Crippen LogP contribution in [0.2, 0.25) is 0 Å².